The van der Waals surface area contributed by atoms with E-state index in [4.69, 9.17) is 0 Å². The Labute approximate surface area is 106 Å². The van der Waals surface area contributed by atoms with Gasteiger partial charge in [-0.15, -0.1) is 0 Å². The third-order valence-corrected chi connectivity index (χ3v) is 4.89. The summed E-state index contributed by atoms with van der Waals surface area (Å²) in [7, 11) is 0. The molecule has 0 aromatic carbocycles. The van der Waals surface area contributed by atoms with Gasteiger partial charge in [-0.25, -0.2) is 4.98 Å². The molecule has 1 fully saturated rings. The van der Waals surface area contributed by atoms with Crippen molar-refractivity contribution in [3.05, 3.63) is 22.7 Å². The van der Waals surface area contributed by atoms with Crippen molar-refractivity contribution in [2.45, 2.75) is 36.9 Å². The lowest BCUT2D eigenvalue weighted by Gasteiger charge is -2.36. The molecule has 1 aromatic heterocycles. The van der Waals surface area contributed by atoms with Crippen molar-refractivity contribution in [1.29, 1.82) is 0 Å². The van der Waals surface area contributed by atoms with Crippen LogP contribution in [0.4, 0.5) is 5.82 Å². The lowest BCUT2D eigenvalue weighted by molar-refractivity contribution is 0.411. The van der Waals surface area contributed by atoms with Crippen molar-refractivity contribution in [2.24, 2.45) is 0 Å². The first-order valence-corrected chi connectivity index (χ1v) is 7.30. The summed E-state index contributed by atoms with van der Waals surface area (Å²) in [6, 6.07) is 1.51. The summed E-state index contributed by atoms with van der Waals surface area (Å²) in [4.78, 5) is 17.8. The van der Waals surface area contributed by atoms with Crippen LogP contribution in [0.2, 0.25) is 0 Å². The largest absolute Gasteiger partial charge is 0.368 e. The molecule has 0 bridgehead atoms. The van der Waals surface area contributed by atoms with Crippen molar-refractivity contribution in [3.8, 4) is 0 Å². The normalized spacial score (nSPS) is 18.9. The van der Waals surface area contributed by atoms with Crippen molar-refractivity contribution in [3.63, 3.8) is 0 Å². The SMILES string of the molecule is CSC1(CNc2cc(=O)[nH]cn2)CCCCC1. The van der Waals surface area contributed by atoms with Gasteiger partial charge in [0.1, 0.15) is 5.82 Å². The maximum Gasteiger partial charge on any atom is 0.252 e. The fourth-order valence-electron chi connectivity index (χ4n) is 2.37. The Morgan fingerprint density at radius 2 is 2.24 bits per heavy atom. The zero-order valence-electron chi connectivity index (χ0n) is 10.2. The molecule has 1 aliphatic rings. The fraction of sp³-hybridized carbons (Fsp3) is 0.667. The Morgan fingerprint density at radius 1 is 1.47 bits per heavy atom. The van der Waals surface area contributed by atoms with Gasteiger partial charge in [0, 0.05) is 17.4 Å². The highest BCUT2D eigenvalue weighted by atomic mass is 32.2. The van der Waals surface area contributed by atoms with Gasteiger partial charge in [0.15, 0.2) is 0 Å². The van der Waals surface area contributed by atoms with Gasteiger partial charge in [-0.1, -0.05) is 19.3 Å². The predicted molar refractivity (Wildman–Crippen MR) is 72.7 cm³/mol. The van der Waals surface area contributed by atoms with E-state index in [-0.39, 0.29) is 5.56 Å². The van der Waals surface area contributed by atoms with Gasteiger partial charge in [0.25, 0.3) is 5.56 Å². The zero-order valence-corrected chi connectivity index (χ0v) is 11.0. The van der Waals surface area contributed by atoms with Crippen LogP contribution < -0.4 is 10.9 Å². The highest BCUT2D eigenvalue weighted by molar-refractivity contribution is 8.00. The van der Waals surface area contributed by atoms with Crippen LogP contribution in [0.3, 0.4) is 0 Å². The second-order valence-electron chi connectivity index (χ2n) is 4.60. The second kappa shape index (κ2) is 5.58. The van der Waals surface area contributed by atoms with Gasteiger partial charge in [0.05, 0.1) is 6.33 Å². The van der Waals surface area contributed by atoms with E-state index in [1.807, 2.05) is 11.8 Å². The van der Waals surface area contributed by atoms with E-state index < -0.39 is 0 Å². The number of anilines is 1. The molecule has 94 valence electrons. The Morgan fingerprint density at radius 3 is 2.88 bits per heavy atom. The van der Waals surface area contributed by atoms with E-state index in [9.17, 15) is 4.79 Å². The second-order valence-corrected chi connectivity index (χ2v) is 5.87. The summed E-state index contributed by atoms with van der Waals surface area (Å²) in [5.41, 5.74) is -0.107. The summed E-state index contributed by atoms with van der Waals surface area (Å²) in [6.07, 6.45) is 10.1. The van der Waals surface area contributed by atoms with E-state index in [1.54, 1.807) is 0 Å². The molecule has 0 aliphatic heterocycles. The predicted octanol–water partition coefficient (Wildman–Crippen LogP) is 2.25. The summed E-state index contributed by atoms with van der Waals surface area (Å²) >= 11 is 1.94. The minimum absolute atomic E-state index is 0.107. The van der Waals surface area contributed by atoms with Crippen molar-refractivity contribution >= 4 is 17.6 Å². The minimum atomic E-state index is -0.107. The van der Waals surface area contributed by atoms with Gasteiger partial charge in [-0.05, 0) is 19.1 Å². The number of nitrogens with one attached hydrogen (secondary N) is 2. The average Bonchev–Trinajstić information content (AvgIpc) is 2.38. The summed E-state index contributed by atoms with van der Waals surface area (Å²) in [5, 5.41) is 3.30. The third-order valence-electron chi connectivity index (χ3n) is 3.47. The van der Waals surface area contributed by atoms with Crippen LogP contribution in [0, 0.1) is 0 Å². The molecule has 2 N–H and O–H groups in total. The van der Waals surface area contributed by atoms with E-state index in [0.29, 0.717) is 10.6 Å². The van der Waals surface area contributed by atoms with Crippen LogP contribution in [-0.4, -0.2) is 27.5 Å². The number of aromatic nitrogens is 2. The first kappa shape index (κ1) is 12.5. The Bertz CT molecular complexity index is 412. The molecule has 1 saturated carbocycles. The molecule has 2 rings (SSSR count). The molecule has 1 aliphatic carbocycles. The molecular formula is C12H19N3OS. The van der Waals surface area contributed by atoms with Gasteiger partial charge in [-0.3, -0.25) is 4.79 Å². The first-order chi connectivity index (χ1) is 8.24. The average molecular weight is 253 g/mol. The Hall–Kier alpha value is -0.970. The monoisotopic (exact) mass is 253 g/mol. The van der Waals surface area contributed by atoms with Crippen LogP contribution in [0.25, 0.3) is 0 Å². The first-order valence-electron chi connectivity index (χ1n) is 6.08. The minimum Gasteiger partial charge on any atom is -0.368 e. The molecule has 0 saturated heterocycles. The molecule has 5 heteroatoms. The van der Waals surface area contributed by atoms with Gasteiger partial charge in [-0.2, -0.15) is 11.8 Å². The number of rotatable bonds is 4. The van der Waals surface area contributed by atoms with Gasteiger partial charge in [0.2, 0.25) is 0 Å². The van der Waals surface area contributed by atoms with Crippen molar-refractivity contribution < 1.29 is 0 Å². The molecular weight excluding hydrogens is 234 g/mol. The summed E-state index contributed by atoms with van der Waals surface area (Å²) < 4.78 is 0.322. The number of thioether (sulfide) groups is 1. The number of hydrogen-bond acceptors (Lipinski definition) is 4. The standard InChI is InChI=1S/C12H19N3OS/c1-17-12(5-3-2-4-6-12)8-13-10-7-11(16)15-9-14-10/h7,9H,2-6,8H2,1H3,(H2,13,14,15,16). The summed E-state index contributed by atoms with van der Waals surface area (Å²) in [5.74, 6) is 0.674. The molecule has 0 unspecified atom stereocenters. The quantitative estimate of drug-likeness (QED) is 0.864. The van der Waals surface area contributed by atoms with E-state index in [2.05, 4.69) is 21.5 Å². The summed E-state index contributed by atoms with van der Waals surface area (Å²) in [6.45, 7) is 0.893. The lowest BCUT2D eigenvalue weighted by atomic mass is 9.88. The molecule has 0 spiro atoms. The fourth-order valence-corrected chi connectivity index (χ4v) is 3.28. The van der Waals surface area contributed by atoms with Crippen LogP contribution in [0.15, 0.2) is 17.2 Å². The highest BCUT2D eigenvalue weighted by Crippen LogP contribution is 2.38. The number of nitrogens with zero attached hydrogens (tertiary/aromatic N) is 1. The van der Waals surface area contributed by atoms with Crippen molar-refractivity contribution in [2.75, 3.05) is 18.1 Å². The van der Waals surface area contributed by atoms with E-state index in [1.165, 1.54) is 44.5 Å². The van der Waals surface area contributed by atoms with E-state index in [0.717, 1.165) is 6.54 Å². The number of aromatic amines is 1. The van der Waals surface area contributed by atoms with Crippen LogP contribution in [0.1, 0.15) is 32.1 Å². The molecule has 1 heterocycles. The van der Waals surface area contributed by atoms with Crippen molar-refractivity contribution in [1.82, 2.24) is 9.97 Å². The maximum absolute atomic E-state index is 11.1. The van der Waals surface area contributed by atoms with E-state index >= 15 is 0 Å². The lowest BCUT2D eigenvalue weighted by Crippen LogP contribution is -2.35. The Kier molecular flexibility index (Phi) is 4.10. The highest BCUT2D eigenvalue weighted by Gasteiger charge is 2.30. The topological polar surface area (TPSA) is 57.8 Å². The molecule has 0 radical (unpaired) electrons. The van der Waals surface area contributed by atoms with Crippen LogP contribution in [0.5, 0.6) is 0 Å². The number of hydrogen-bond donors (Lipinski definition) is 2. The zero-order chi connectivity index (χ0) is 12.1. The maximum atomic E-state index is 11.1. The van der Waals surface area contributed by atoms with Crippen LogP contribution in [-0.2, 0) is 0 Å². The molecule has 0 atom stereocenters. The van der Waals surface area contributed by atoms with Gasteiger partial charge < -0.3 is 10.3 Å². The molecule has 4 nitrogen and oxygen atoms in total. The smallest absolute Gasteiger partial charge is 0.252 e. The van der Waals surface area contributed by atoms with Gasteiger partial charge >= 0.3 is 0 Å². The molecule has 1 aromatic rings. The van der Waals surface area contributed by atoms with Crippen LogP contribution >= 0.6 is 11.8 Å². The third kappa shape index (κ3) is 3.25. The molecule has 17 heavy (non-hydrogen) atoms. The Balaban J connectivity index is 1.98. The number of H-pyrrole nitrogens is 1. The molecule has 0 amide bonds.